The Morgan fingerprint density at radius 2 is 1.95 bits per heavy atom. The Labute approximate surface area is 128 Å². The third-order valence-corrected chi connectivity index (χ3v) is 4.53. The Kier molecular flexibility index (Phi) is 4.02. The molecule has 0 saturated carbocycles. The third kappa shape index (κ3) is 3.06. The fourth-order valence-corrected chi connectivity index (χ4v) is 2.94. The van der Waals surface area contributed by atoms with Gasteiger partial charge in [-0.1, -0.05) is 6.92 Å². The number of nitrogens with zero attached hydrogens (tertiary/aromatic N) is 1. The number of rotatable bonds is 3. The number of H-pyrrole nitrogens is 2. The molecule has 2 heterocycles. The zero-order valence-electron chi connectivity index (χ0n) is 13.0. The number of hydrogen-bond donors (Lipinski definition) is 3. The summed E-state index contributed by atoms with van der Waals surface area (Å²) in [6.07, 6.45) is 2.29. The summed E-state index contributed by atoms with van der Waals surface area (Å²) in [5.41, 5.74) is 1.89. The van der Waals surface area contributed by atoms with E-state index in [4.69, 9.17) is 0 Å². The van der Waals surface area contributed by atoms with Gasteiger partial charge in [0.05, 0.1) is 17.1 Å². The minimum atomic E-state index is -0.241. The van der Waals surface area contributed by atoms with E-state index in [9.17, 15) is 9.59 Å². The highest BCUT2D eigenvalue weighted by Crippen LogP contribution is 2.19. The number of fused-ring (bicyclic) bond motifs is 1. The maximum absolute atomic E-state index is 12.4. The molecule has 6 nitrogen and oxygen atoms in total. The lowest BCUT2D eigenvalue weighted by molar-refractivity contribution is -0.121. The molecule has 22 heavy (non-hydrogen) atoms. The van der Waals surface area contributed by atoms with Crippen LogP contribution in [0.3, 0.4) is 0 Å². The van der Waals surface area contributed by atoms with Gasteiger partial charge in [0.2, 0.25) is 5.91 Å². The van der Waals surface area contributed by atoms with Gasteiger partial charge < -0.3 is 15.3 Å². The highest BCUT2D eigenvalue weighted by Gasteiger charge is 2.25. The van der Waals surface area contributed by atoms with E-state index < -0.39 is 0 Å². The van der Waals surface area contributed by atoms with Crippen LogP contribution in [0.4, 0.5) is 5.69 Å². The fraction of sp³-hybridized carbons (Fsp3) is 0.500. The van der Waals surface area contributed by atoms with Crippen LogP contribution in [0.5, 0.6) is 0 Å². The number of anilines is 1. The molecule has 3 rings (SSSR count). The standard InChI is InChI=1S/C16H22N4O2/c1-10-5-7-20(8-6-10)11(2)15(21)17-12-3-4-13-14(9-12)19-16(22)18-13/h3-4,9-11H,5-8H2,1-2H3,(H,17,21)(H2,18,19,22)/t11-/m1/s1. The molecule has 1 aromatic carbocycles. The molecule has 1 saturated heterocycles. The number of imidazole rings is 1. The van der Waals surface area contributed by atoms with Crippen molar-refractivity contribution in [3.05, 3.63) is 28.7 Å². The molecule has 2 aromatic rings. The molecule has 1 aliphatic rings. The van der Waals surface area contributed by atoms with Crippen molar-refractivity contribution in [3.8, 4) is 0 Å². The van der Waals surface area contributed by atoms with Crippen molar-refractivity contribution in [2.24, 2.45) is 5.92 Å². The maximum Gasteiger partial charge on any atom is 0.323 e. The molecule has 0 bridgehead atoms. The van der Waals surface area contributed by atoms with Crippen LogP contribution in [0.2, 0.25) is 0 Å². The Hall–Kier alpha value is -2.08. The number of hydrogen-bond acceptors (Lipinski definition) is 3. The van der Waals surface area contributed by atoms with E-state index in [0.29, 0.717) is 11.2 Å². The van der Waals surface area contributed by atoms with E-state index in [1.165, 1.54) is 0 Å². The molecule has 0 radical (unpaired) electrons. The SMILES string of the molecule is CC1CCN([C@H](C)C(=O)Nc2ccc3[nH]c(=O)[nH]c3c2)CC1. The van der Waals surface area contributed by atoms with Crippen molar-refractivity contribution in [2.75, 3.05) is 18.4 Å². The molecule has 1 fully saturated rings. The minimum absolute atomic E-state index is 0.00761. The first-order valence-corrected chi connectivity index (χ1v) is 7.80. The van der Waals surface area contributed by atoms with Crippen LogP contribution < -0.4 is 11.0 Å². The van der Waals surface area contributed by atoms with Crippen molar-refractivity contribution in [1.29, 1.82) is 0 Å². The number of amides is 1. The van der Waals surface area contributed by atoms with Gasteiger partial charge in [0, 0.05) is 5.69 Å². The molecular formula is C16H22N4O2. The highest BCUT2D eigenvalue weighted by molar-refractivity contribution is 5.96. The van der Waals surface area contributed by atoms with E-state index in [-0.39, 0.29) is 17.6 Å². The van der Waals surface area contributed by atoms with Crippen LogP contribution in [0.15, 0.2) is 23.0 Å². The van der Waals surface area contributed by atoms with Gasteiger partial charge in [-0.3, -0.25) is 9.69 Å². The smallest absolute Gasteiger partial charge is 0.323 e. The molecule has 1 amide bonds. The highest BCUT2D eigenvalue weighted by atomic mass is 16.2. The van der Waals surface area contributed by atoms with E-state index in [1.807, 2.05) is 6.92 Å². The topological polar surface area (TPSA) is 81.0 Å². The molecule has 118 valence electrons. The van der Waals surface area contributed by atoms with E-state index in [1.54, 1.807) is 18.2 Å². The van der Waals surface area contributed by atoms with Crippen LogP contribution in [-0.2, 0) is 4.79 Å². The van der Waals surface area contributed by atoms with Crippen molar-refractivity contribution < 1.29 is 4.79 Å². The van der Waals surface area contributed by atoms with Gasteiger partial charge in [0.1, 0.15) is 0 Å². The second-order valence-corrected chi connectivity index (χ2v) is 6.22. The summed E-state index contributed by atoms with van der Waals surface area (Å²) < 4.78 is 0. The van der Waals surface area contributed by atoms with Gasteiger partial charge in [0.25, 0.3) is 0 Å². The first-order chi connectivity index (χ1) is 10.5. The predicted molar refractivity (Wildman–Crippen MR) is 87.0 cm³/mol. The number of benzene rings is 1. The van der Waals surface area contributed by atoms with Crippen LogP contribution in [0.25, 0.3) is 11.0 Å². The summed E-state index contributed by atoms with van der Waals surface area (Å²) in [6, 6.07) is 5.22. The normalized spacial score (nSPS) is 18.5. The van der Waals surface area contributed by atoms with Crippen LogP contribution in [0.1, 0.15) is 26.7 Å². The van der Waals surface area contributed by atoms with Crippen LogP contribution in [0, 0.1) is 5.92 Å². The van der Waals surface area contributed by atoms with Crippen molar-refractivity contribution >= 4 is 22.6 Å². The number of piperidine rings is 1. The molecule has 0 aliphatic carbocycles. The fourth-order valence-electron chi connectivity index (χ4n) is 2.94. The monoisotopic (exact) mass is 302 g/mol. The lowest BCUT2D eigenvalue weighted by Crippen LogP contribution is -2.45. The van der Waals surface area contributed by atoms with Crippen LogP contribution >= 0.6 is 0 Å². The van der Waals surface area contributed by atoms with Gasteiger partial charge in [-0.05, 0) is 57.0 Å². The molecule has 0 unspecified atom stereocenters. The Morgan fingerprint density at radius 3 is 2.68 bits per heavy atom. The van der Waals surface area contributed by atoms with E-state index >= 15 is 0 Å². The summed E-state index contributed by atoms with van der Waals surface area (Å²) in [7, 11) is 0. The van der Waals surface area contributed by atoms with Crippen molar-refractivity contribution in [2.45, 2.75) is 32.7 Å². The number of aromatic amines is 2. The summed E-state index contributed by atoms with van der Waals surface area (Å²) in [4.78, 5) is 31.3. The zero-order valence-corrected chi connectivity index (χ0v) is 13.0. The third-order valence-electron chi connectivity index (χ3n) is 4.53. The lowest BCUT2D eigenvalue weighted by atomic mass is 9.98. The van der Waals surface area contributed by atoms with Gasteiger partial charge in [-0.2, -0.15) is 0 Å². The van der Waals surface area contributed by atoms with E-state index in [2.05, 4.69) is 27.1 Å². The number of likely N-dealkylation sites (tertiary alicyclic amines) is 1. The van der Waals surface area contributed by atoms with E-state index in [0.717, 1.165) is 37.4 Å². The molecule has 1 aliphatic heterocycles. The summed E-state index contributed by atoms with van der Waals surface area (Å²) in [6.45, 7) is 6.15. The summed E-state index contributed by atoms with van der Waals surface area (Å²) in [5, 5.41) is 2.94. The zero-order chi connectivity index (χ0) is 15.7. The minimum Gasteiger partial charge on any atom is -0.325 e. The molecule has 0 spiro atoms. The predicted octanol–water partition coefficient (Wildman–Crippen LogP) is 1.92. The molecular weight excluding hydrogens is 280 g/mol. The van der Waals surface area contributed by atoms with Gasteiger partial charge in [0.15, 0.2) is 0 Å². The number of carbonyl (C=O) groups is 1. The Morgan fingerprint density at radius 1 is 1.27 bits per heavy atom. The largest absolute Gasteiger partial charge is 0.325 e. The van der Waals surface area contributed by atoms with Crippen molar-refractivity contribution in [1.82, 2.24) is 14.9 Å². The van der Waals surface area contributed by atoms with Gasteiger partial charge >= 0.3 is 5.69 Å². The molecule has 1 aromatic heterocycles. The number of carbonyl (C=O) groups excluding carboxylic acids is 1. The van der Waals surface area contributed by atoms with Gasteiger partial charge in [-0.15, -0.1) is 0 Å². The molecule has 1 atom stereocenters. The maximum atomic E-state index is 12.4. The Bertz CT molecular complexity index is 725. The number of aromatic nitrogens is 2. The number of nitrogens with one attached hydrogen (secondary N) is 3. The first kappa shape index (κ1) is 14.8. The quantitative estimate of drug-likeness (QED) is 0.810. The Balaban J connectivity index is 1.68. The first-order valence-electron chi connectivity index (χ1n) is 7.80. The lowest BCUT2D eigenvalue weighted by Gasteiger charge is -2.34. The molecule has 6 heteroatoms. The summed E-state index contributed by atoms with van der Waals surface area (Å²) in [5.74, 6) is 0.742. The van der Waals surface area contributed by atoms with Gasteiger partial charge in [-0.25, -0.2) is 4.79 Å². The van der Waals surface area contributed by atoms with Crippen molar-refractivity contribution in [3.63, 3.8) is 0 Å². The second kappa shape index (κ2) is 5.96. The average molecular weight is 302 g/mol. The summed E-state index contributed by atoms with van der Waals surface area (Å²) >= 11 is 0. The average Bonchev–Trinajstić information content (AvgIpc) is 2.86. The molecule has 3 N–H and O–H groups in total. The van der Waals surface area contributed by atoms with Crippen LogP contribution in [-0.4, -0.2) is 39.9 Å². The second-order valence-electron chi connectivity index (χ2n) is 6.22.